The molecule has 0 fully saturated rings. The number of aryl methyl sites for hydroxylation is 1. The number of amides is 1. The molecule has 0 bridgehead atoms. The smallest absolute Gasteiger partial charge is 0.247 e. The van der Waals surface area contributed by atoms with Crippen LogP contribution < -0.4 is 5.32 Å². The zero-order chi connectivity index (χ0) is 17.7. The van der Waals surface area contributed by atoms with Gasteiger partial charge in [0.2, 0.25) is 17.7 Å². The molecule has 2 rings (SSSR count). The van der Waals surface area contributed by atoms with Crippen LogP contribution in [-0.2, 0) is 11.3 Å². The maximum absolute atomic E-state index is 12.1. The van der Waals surface area contributed by atoms with Crippen LogP contribution >= 0.6 is 0 Å². The molecule has 2 aromatic rings. The molecular formula is C18H26N4O2. The van der Waals surface area contributed by atoms with Crippen molar-refractivity contribution >= 4 is 5.91 Å². The number of hydrogen-bond acceptors (Lipinski definition) is 5. The number of likely N-dealkylation sites (N-methyl/N-ethyl adjacent to an activating group) is 1. The molecule has 1 aromatic carbocycles. The zero-order valence-electron chi connectivity index (χ0n) is 15.1. The third-order valence-corrected chi connectivity index (χ3v) is 3.42. The Labute approximate surface area is 143 Å². The maximum Gasteiger partial charge on any atom is 0.247 e. The lowest BCUT2D eigenvalue weighted by Gasteiger charge is -2.24. The van der Waals surface area contributed by atoms with Crippen molar-refractivity contribution in [2.45, 2.75) is 46.7 Å². The fourth-order valence-corrected chi connectivity index (χ4v) is 2.34. The van der Waals surface area contributed by atoms with Crippen molar-refractivity contribution in [3.05, 3.63) is 35.7 Å². The van der Waals surface area contributed by atoms with E-state index in [1.165, 1.54) is 0 Å². The summed E-state index contributed by atoms with van der Waals surface area (Å²) in [6, 6.07) is 7.93. The zero-order valence-corrected chi connectivity index (χ0v) is 15.1. The molecule has 6 heteroatoms. The molecule has 1 heterocycles. The molecule has 130 valence electrons. The number of nitrogens with zero attached hydrogens (tertiary/aromatic N) is 3. The average molecular weight is 330 g/mol. The van der Waals surface area contributed by atoms with Crippen molar-refractivity contribution in [2.24, 2.45) is 0 Å². The highest BCUT2D eigenvalue weighted by Crippen LogP contribution is 2.19. The van der Waals surface area contributed by atoms with E-state index < -0.39 is 0 Å². The van der Waals surface area contributed by atoms with E-state index in [1.54, 1.807) is 0 Å². The van der Waals surface area contributed by atoms with Gasteiger partial charge >= 0.3 is 0 Å². The van der Waals surface area contributed by atoms with Gasteiger partial charge in [0.1, 0.15) is 0 Å². The first-order valence-electron chi connectivity index (χ1n) is 8.19. The maximum atomic E-state index is 12.1. The van der Waals surface area contributed by atoms with Crippen molar-refractivity contribution in [3.63, 3.8) is 0 Å². The lowest BCUT2D eigenvalue weighted by molar-refractivity contribution is -0.123. The lowest BCUT2D eigenvalue weighted by atomic mass is 10.1. The first-order valence-corrected chi connectivity index (χ1v) is 8.19. The van der Waals surface area contributed by atoms with Gasteiger partial charge < -0.3 is 9.73 Å². The van der Waals surface area contributed by atoms with E-state index in [0.29, 0.717) is 24.9 Å². The molecule has 0 aliphatic heterocycles. The third-order valence-electron chi connectivity index (χ3n) is 3.42. The molecule has 0 saturated heterocycles. The number of hydrogen-bond donors (Lipinski definition) is 1. The van der Waals surface area contributed by atoms with Gasteiger partial charge in [-0.15, -0.1) is 10.2 Å². The van der Waals surface area contributed by atoms with E-state index in [-0.39, 0.29) is 11.4 Å². The normalized spacial score (nSPS) is 11.8. The van der Waals surface area contributed by atoms with E-state index in [2.05, 4.69) is 15.5 Å². The quantitative estimate of drug-likeness (QED) is 0.882. The molecule has 24 heavy (non-hydrogen) atoms. The van der Waals surface area contributed by atoms with E-state index in [0.717, 1.165) is 17.7 Å². The van der Waals surface area contributed by atoms with Crippen LogP contribution in [0.1, 0.15) is 39.1 Å². The Bertz CT molecular complexity index is 688. The van der Waals surface area contributed by atoms with Crippen LogP contribution in [0.25, 0.3) is 11.5 Å². The first kappa shape index (κ1) is 18.1. The minimum atomic E-state index is -0.237. The van der Waals surface area contributed by atoms with Crippen molar-refractivity contribution in [1.82, 2.24) is 20.4 Å². The monoisotopic (exact) mass is 330 g/mol. The van der Waals surface area contributed by atoms with Crippen LogP contribution in [0.15, 0.2) is 28.7 Å². The molecule has 0 atom stereocenters. The minimum Gasteiger partial charge on any atom is -0.419 e. The first-order chi connectivity index (χ1) is 11.3. The SMILES string of the molecule is CCN(CC(=O)NC(C)(C)C)Cc1nnc(-c2cccc(C)c2)o1. The Morgan fingerprint density at radius 1 is 1.29 bits per heavy atom. The van der Waals surface area contributed by atoms with E-state index in [9.17, 15) is 4.79 Å². The largest absolute Gasteiger partial charge is 0.419 e. The highest BCUT2D eigenvalue weighted by Gasteiger charge is 2.18. The molecule has 0 unspecified atom stereocenters. The number of rotatable bonds is 6. The van der Waals surface area contributed by atoms with Gasteiger partial charge in [-0.1, -0.05) is 24.6 Å². The molecular weight excluding hydrogens is 304 g/mol. The Kier molecular flexibility index (Phi) is 5.72. The third kappa shape index (κ3) is 5.45. The molecule has 1 N–H and O–H groups in total. The summed E-state index contributed by atoms with van der Waals surface area (Å²) in [5, 5.41) is 11.2. The minimum absolute atomic E-state index is 0.0113. The lowest BCUT2D eigenvalue weighted by Crippen LogP contribution is -2.45. The molecule has 1 aromatic heterocycles. The van der Waals surface area contributed by atoms with Gasteiger partial charge in [-0.2, -0.15) is 0 Å². The predicted molar refractivity (Wildman–Crippen MR) is 93.3 cm³/mol. The van der Waals surface area contributed by atoms with E-state index in [1.807, 2.05) is 63.8 Å². The van der Waals surface area contributed by atoms with Gasteiger partial charge in [0, 0.05) is 11.1 Å². The Morgan fingerprint density at radius 3 is 2.67 bits per heavy atom. The standard InChI is InChI=1S/C18H26N4O2/c1-6-22(11-15(23)19-18(3,4)5)12-16-20-21-17(24-16)14-9-7-8-13(2)10-14/h7-10H,6,11-12H2,1-5H3,(H,19,23). The van der Waals surface area contributed by atoms with Gasteiger partial charge in [0.15, 0.2) is 0 Å². The summed E-state index contributed by atoms with van der Waals surface area (Å²) in [4.78, 5) is 14.0. The van der Waals surface area contributed by atoms with Gasteiger partial charge in [-0.3, -0.25) is 9.69 Å². The van der Waals surface area contributed by atoms with Crippen LogP contribution in [0.2, 0.25) is 0 Å². The Hall–Kier alpha value is -2.21. The van der Waals surface area contributed by atoms with Crippen LogP contribution in [0, 0.1) is 6.92 Å². The number of carbonyl (C=O) groups is 1. The molecule has 0 radical (unpaired) electrons. The van der Waals surface area contributed by atoms with Crippen molar-refractivity contribution < 1.29 is 9.21 Å². The van der Waals surface area contributed by atoms with E-state index >= 15 is 0 Å². The summed E-state index contributed by atoms with van der Waals surface area (Å²) in [5.74, 6) is 1.00. The van der Waals surface area contributed by atoms with Crippen molar-refractivity contribution in [3.8, 4) is 11.5 Å². The summed E-state index contributed by atoms with van der Waals surface area (Å²) in [6.45, 7) is 11.4. The van der Waals surface area contributed by atoms with Crippen LogP contribution in [-0.4, -0.2) is 39.6 Å². The summed E-state index contributed by atoms with van der Waals surface area (Å²) in [7, 11) is 0. The molecule has 1 amide bonds. The molecule has 0 aliphatic rings. The fraction of sp³-hybridized carbons (Fsp3) is 0.500. The summed E-state index contributed by atoms with van der Waals surface area (Å²) < 4.78 is 5.74. The Balaban J connectivity index is 2.00. The van der Waals surface area contributed by atoms with Crippen molar-refractivity contribution in [2.75, 3.05) is 13.1 Å². The van der Waals surface area contributed by atoms with Crippen LogP contribution in [0.3, 0.4) is 0 Å². The molecule has 0 saturated carbocycles. The van der Waals surface area contributed by atoms with Crippen molar-refractivity contribution in [1.29, 1.82) is 0 Å². The van der Waals surface area contributed by atoms with Gasteiger partial charge in [0.25, 0.3) is 0 Å². The molecule has 0 aliphatic carbocycles. The average Bonchev–Trinajstić information content (AvgIpc) is 2.93. The Morgan fingerprint density at radius 2 is 2.04 bits per heavy atom. The summed E-state index contributed by atoms with van der Waals surface area (Å²) >= 11 is 0. The van der Waals surface area contributed by atoms with Gasteiger partial charge in [-0.05, 0) is 46.4 Å². The predicted octanol–water partition coefficient (Wildman–Crippen LogP) is 2.78. The summed E-state index contributed by atoms with van der Waals surface area (Å²) in [6.07, 6.45) is 0. The fourth-order valence-electron chi connectivity index (χ4n) is 2.34. The number of carbonyl (C=O) groups excluding carboxylic acids is 1. The van der Waals surface area contributed by atoms with E-state index in [4.69, 9.17) is 4.42 Å². The molecule has 0 spiro atoms. The summed E-state index contributed by atoms with van der Waals surface area (Å²) in [5.41, 5.74) is 1.81. The van der Waals surface area contributed by atoms with Gasteiger partial charge in [-0.25, -0.2) is 0 Å². The number of nitrogens with one attached hydrogen (secondary N) is 1. The highest BCUT2D eigenvalue weighted by molar-refractivity contribution is 5.78. The second-order valence-corrected chi connectivity index (χ2v) is 6.97. The second-order valence-electron chi connectivity index (χ2n) is 6.97. The van der Waals surface area contributed by atoms with Crippen LogP contribution in [0.5, 0.6) is 0 Å². The molecule has 6 nitrogen and oxygen atoms in total. The second kappa shape index (κ2) is 7.57. The van der Waals surface area contributed by atoms with Gasteiger partial charge in [0.05, 0.1) is 13.1 Å². The number of aromatic nitrogens is 2. The van der Waals surface area contributed by atoms with Crippen LogP contribution in [0.4, 0.5) is 0 Å². The highest BCUT2D eigenvalue weighted by atomic mass is 16.4. The number of benzene rings is 1. The topological polar surface area (TPSA) is 71.3 Å².